The number of carbonyl (C=O) groups is 1. The van der Waals surface area contributed by atoms with Crippen LogP contribution in [0.4, 0.5) is 0 Å². The molecule has 1 N–H and O–H groups in total. The minimum absolute atomic E-state index is 0.00285. The highest BCUT2D eigenvalue weighted by molar-refractivity contribution is 9.10. The average Bonchev–Trinajstić information content (AvgIpc) is 2.72. The molecule has 2 aromatic carbocycles. The predicted octanol–water partition coefficient (Wildman–Crippen LogP) is 7.42. The fourth-order valence-electron chi connectivity index (χ4n) is 4.43. The molecule has 1 saturated heterocycles. The topological polar surface area (TPSA) is 55.8 Å². The number of carboxylic acid groups (broad SMARTS) is 1. The van der Waals surface area contributed by atoms with Gasteiger partial charge in [-0.3, -0.25) is 0 Å². The van der Waals surface area contributed by atoms with Gasteiger partial charge in [0.1, 0.15) is 5.75 Å². The first-order chi connectivity index (χ1) is 15.2. The van der Waals surface area contributed by atoms with Gasteiger partial charge in [-0.15, -0.1) is 0 Å². The Morgan fingerprint density at radius 1 is 1.28 bits per heavy atom. The molecular formula is C26H30BrClO4. The van der Waals surface area contributed by atoms with Crippen molar-refractivity contribution in [3.8, 4) is 5.75 Å². The van der Waals surface area contributed by atoms with Gasteiger partial charge < -0.3 is 14.6 Å². The quantitative estimate of drug-likeness (QED) is 0.367. The summed E-state index contributed by atoms with van der Waals surface area (Å²) in [5, 5.41) is 9.82. The van der Waals surface area contributed by atoms with Crippen LogP contribution in [-0.2, 0) is 9.53 Å². The minimum Gasteiger partial charge on any atom is -0.482 e. The lowest BCUT2D eigenvalue weighted by atomic mass is 9.74. The molecule has 0 radical (unpaired) electrons. The lowest BCUT2D eigenvalue weighted by Crippen LogP contribution is -2.37. The fourth-order valence-corrected chi connectivity index (χ4v) is 4.94. The van der Waals surface area contributed by atoms with Crippen molar-refractivity contribution in [1.29, 1.82) is 0 Å². The molecule has 3 rings (SSSR count). The summed E-state index contributed by atoms with van der Waals surface area (Å²) in [5.74, 6) is 0.242. The highest BCUT2D eigenvalue weighted by Crippen LogP contribution is 2.49. The van der Waals surface area contributed by atoms with Gasteiger partial charge in [-0.2, -0.15) is 0 Å². The van der Waals surface area contributed by atoms with Crippen molar-refractivity contribution in [2.45, 2.75) is 51.7 Å². The average molecular weight is 522 g/mol. The first kappa shape index (κ1) is 24.8. The molecule has 6 heteroatoms. The number of ether oxygens (including phenoxy) is 2. The van der Waals surface area contributed by atoms with Gasteiger partial charge in [-0.1, -0.05) is 65.7 Å². The van der Waals surface area contributed by atoms with Crippen LogP contribution in [0.25, 0.3) is 0 Å². The Balaban J connectivity index is 2.01. The molecular weight excluding hydrogens is 492 g/mol. The third kappa shape index (κ3) is 6.15. The van der Waals surface area contributed by atoms with Crippen LogP contribution >= 0.6 is 27.5 Å². The highest BCUT2D eigenvalue weighted by atomic mass is 79.9. The number of aliphatic carboxylic acids is 1. The zero-order valence-electron chi connectivity index (χ0n) is 18.7. The SMILES string of the molecule is C=C(C)[C@@H]1C[C@@H](c2ccc(Cl)cc2)[C@@H](CC(C)C)O[C@H]1c1cc(Br)ccc1OCC(=O)O. The van der Waals surface area contributed by atoms with E-state index >= 15 is 0 Å². The second-order valence-corrected chi connectivity index (χ2v) is 10.3. The first-order valence-corrected chi connectivity index (χ1v) is 12.0. The molecule has 0 aliphatic carbocycles. The van der Waals surface area contributed by atoms with Gasteiger partial charge in [0.25, 0.3) is 0 Å². The molecule has 1 heterocycles. The summed E-state index contributed by atoms with van der Waals surface area (Å²) in [7, 11) is 0. The van der Waals surface area contributed by atoms with E-state index in [1.165, 1.54) is 5.56 Å². The molecule has 1 aliphatic rings. The lowest BCUT2D eigenvalue weighted by Gasteiger charge is -2.43. The van der Waals surface area contributed by atoms with Gasteiger partial charge in [-0.05, 0) is 61.6 Å². The smallest absolute Gasteiger partial charge is 0.341 e. The van der Waals surface area contributed by atoms with E-state index in [9.17, 15) is 4.79 Å². The van der Waals surface area contributed by atoms with Crippen molar-refractivity contribution >= 4 is 33.5 Å². The van der Waals surface area contributed by atoms with Crippen molar-refractivity contribution in [1.82, 2.24) is 0 Å². The van der Waals surface area contributed by atoms with Crippen LogP contribution in [0.5, 0.6) is 5.75 Å². The van der Waals surface area contributed by atoms with Crippen LogP contribution < -0.4 is 4.74 Å². The van der Waals surface area contributed by atoms with E-state index in [4.69, 9.17) is 26.2 Å². The lowest BCUT2D eigenvalue weighted by molar-refractivity contribution is -0.139. The summed E-state index contributed by atoms with van der Waals surface area (Å²) in [5.41, 5.74) is 3.08. The van der Waals surface area contributed by atoms with Gasteiger partial charge in [0.05, 0.1) is 12.2 Å². The predicted molar refractivity (Wildman–Crippen MR) is 131 cm³/mol. The maximum absolute atomic E-state index is 11.1. The van der Waals surface area contributed by atoms with E-state index < -0.39 is 12.6 Å². The molecule has 0 aromatic heterocycles. The number of halogens is 2. The van der Waals surface area contributed by atoms with Gasteiger partial charge in [0.2, 0.25) is 0 Å². The molecule has 172 valence electrons. The van der Waals surface area contributed by atoms with Crippen LogP contribution in [0, 0.1) is 11.8 Å². The standard InChI is InChI=1S/C26H30BrClO4/c1-15(2)11-24-21(17-5-8-19(28)9-6-17)13-20(16(3)4)26(32-24)22-12-18(27)7-10-23(22)31-14-25(29)30/h5-10,12,15,20-21,24,26H,3,11,13-14H2,1-2,4H3,(H,29,30)/t20-,21-,24+,26+/m0/s1. The van der Waals surface area contributed by atoms with E-state index in [-0.39, 0.29) is 24.0 Å². The molecule has 4 atom stereocenters. The Morgan fingerprint density at radius 3 is 2.56 bits per heavy atom. The zero-order valence-corrected chi connectivity index (χ0v) is 21.0. The van der Waals surface area contributed by atoms with E-state index in [0.29, 0.717) is 11.7 Å². The molecule has 4 nitrogen and oxygen atoms in total. The molecule has 0 unspecified atom stereocenters. The molecule has 0 saturated carbocycles. The molecule has 0 spiro atoms. The number of hydrogen-bond acceptors (Lipinski definition) is 3. The molecule has 2 aromatic rings. The Labute approximate surface area is 203 Å². The summed E-state index contributed by atoms with van der Waals surface area (Å²) < 4.78 is 13.3. The van der Waals surface area contributed by atoms with Crippen molar-refractivity contribution < 1.29 is 19.4 Å². The second kappa shape index (κ2) is 10.9. The Morgan fingerprint density at radius 2 is 1.97 bits per heavy atom. The Kier molecular flexibility index (Phi) is 8.43. The maximum atomic E-state index is 11.1. The minimum atomic E-state index is -1.01. The van der Waals surface area contributed by atoms with Crippen molar-refractivity contribution in [3.63, 3.8) is 0 Å². The van der Waals surface area contributed by atoms with Gasteiger partial charge in [-0.25, -0.2) is 4.79 Å². The zero-order chi connectivity index (χ0) is 23.4. The number of rotatable bonds is 8. The molecule has 1 fully saturated rings. The van der Waals surface area contributed by atoms with Crippen molar-refractivity contribution in [2.75, 3.05) is 6.61 Å². The fraction of sp³-hybridized carbons (Fsp3) is 0.423. The number of hydrogen-bond donors (Lipinski definition) is 1. The number of carboxylic acids is 1. The van der Waals surface area contributed by atoms with Gasteiger partial charge in [0.15, 0.2) is 6.61 Å². The van der Waals surface area contributed by atoms with E-state index in [1.54, 1.807) is 6.07 Å². The van der Waals surface area contributed by atoms with Crippen LogP contribution in [0.15, 0.2) is 59.1 Å². The van der Waals surface area contributed by atoms with E-state index in [0.717, 1.165) is 33.5 Å². The largest absolute Gasteiger partial charge is 0.482 e. The normalized spacial score (nSPS) is 23.2. The van der Waals surface area contributed by atoms with Crippen LogP contribution in [0.2, 0.25) is 5.02 Å². The summed E-state index contributed by atoms with van der Waals surface area (Å²) in [6, 6.07) is 13.6. The van der Waals surface area contributed by atoms with Gasteiger partial charge >= 0.3 is 5.97 Å². The van der Waals surface area contributed by atoms with Crippen molar-refractivity contribution in [3.05, 3.63) is 75.2 Å². The molecule has 32 heavy (non-hydrogen) atoms. The van der Waals surface area contributed by atoms with E-state index in [2.05, 4.69) is 48.5 Å². The second-order valence-electron chi connectivity index (χ2n) is 8.94. The molecule has 0 amide bonds. The third-order valence-corrected chi connectivity index (χ3v) is 6.65. The third-order valence-electron chi connectivity index (χ3n) is 5.91. The first-order valence-electron chi connectivity index (χ1n) is 10.9. The van der Waals surface area contributed by atoms with Crippen LogP contribution in [-0.4, -0.2) is 23.8 Å². The molecule has 0 bridgehead atoms. The van der Waals surface area contributed by atoms with Crippen molar-refractivity contribution in [2.24, 2.45) is 11.8 Å². The number of benzene rings is 2. The summed E-state index contributed by atoms with van der Waals surface area (Å²) >= 11 is 9.68. The summed E-state index contributed by atoms with van der Waals surface area (Å²) in [4.78, 5) is 11.1. The van der Waals surface area contributed by atoms with Crippen LogP contribution in [0.3, 0.4) is 0 Å². The summed E-state index contributed by atoms with van der Waals surface area (Å²) in [6.45, 7) is 10.3. The summed E-state index contributed by atoms with van der Waals surface area (Å²) in [6.07, 6.45) is 1.51. The Bertz CT molecular complexity index is 957. The van der Waals surface area contributed by atoms with Gasteiger partial charge in [0, 0.05) is 26.9 Å². The maximum Gasteiger partial charge on any atom is 0.341 e. The monoisotopic (exact) mass is 520 g/mol. The Hall–Kier alpha value is -1.82. The highest BCUT2D eigenvalue weighted by Gasteiger charge is 2.41. The van der Waals surface area contributed by atoms with Crippen LogP contribution in [0.1, 0.15) is 56.8 Å². The molecule has 1 aliphatic heterocycles. The van der Waals surface area contributed by atoms with E-state index in [1.807, 2.05) is 31.2 Å².